The van der Waals surface area contributed by atoms with Gasteiger partial charge in [-0.3, -0.25) is 9.88 Å². The molecule has 20 heavy (non-hydrogen) atoms. The molecule has 0 saturated carbocycles. The summed E-state index contributed by atoms with van der Waals surface area (Å²) < 4.78 is 0. The summed E-state index contributed by atoms with van der Waals surface area (Å²) in [5.74, 6) is 0. The first-order valence-electron chi connectivity index (χ1n) is 7.81. The first-order valence-corrected chi connectivity index (χ1v) is 7.81. The number of aryl methyl sites for hydroxylation is 1. The molecule has 1 aromatic heterocycles. The van der Waals surface area contributed by atoms with E-state index in [4.69, 9.17) is 0 Å². The number of hydrogen-bond acceptors (Lipinski definition) is 3. The Morgan fingerprint density at radius 3 is 2.65 bits per heavy atom. The molecular weight excluding hydrogens is 246 g/mol. The van der Waals surface area contributed by atoms with Gasteiger partial charge in [-0.1, -0.05) is 26.8 Å². The Kier molecular flexibility index (Phi) is 7.17. The van der Waals surface area contributed by atoms with E-state index in [0.717, 1.165) is 37.6 Å². The largest absolute Gasteiger partial charge is 0.316 e. The fraction of sp³-hybridized carbons (Fsp3) is 0.706. The van der Waals surface area contributed by atoms with Crippen LogP contribution in [0.25, 0.3) is 0 Å². The number of pyridine rings is 1. The molecule has 0 aliphatic rings. The minimum atomic E-state index is 0.327. The van der Waals surface area contributed by atoms with Crippen LogP contribution in [0.2, 0.25) is 0 Å². The summed E-state index contributed by atoms with van der Waals surface area (Å²) in [6.07, 6.45) is 2.39. The van der Waals surface area contributed by atoms with Gasteiger partial charge in [-0.2, -0.15) is 0 Å². The standard InChI is InChI=1S/C17H31N3/c1-6-11-18-13-17(4,7-2)14-20(5)12-16-10-8-9-15(3)19-16/h8-10,18H,6-7,11-14H2,1-5H3. The maximum atomic E-state index is 4.59. The molecule has 3 nitrogen and oxygen atoms in total. The summed E-state index contributed by atoms with van der Waals surface area (Å²) in [6, 6.07) is 6.25. The highest BCUT2D eigenvalue weighted by Crippen LogP contribution is 2.21. The lowest BCUT2D eigenvalue weighted by Gasteiger charge is -2.33. The second-order valence-electron chi connectivity index (χ2n) is 6.28. The van der Waals surface area contributed by atoms with Crippen molar-refractivity contribution in [2.45, 2.75) is 47.1 Å². The molecule has 1 unspecified atom stereocenters. The third-order valence-electron chi connectivity index (χ3n) is 3.86. The lowest BCUT2D eigenvalue weighted by atomic mass is 9.86. The van der Waals surface area contributed by atoms with E-state index in [2.05, 4.69) is 55.2 Å². The zero-order chi connectivity index (χ0) is 15.0. The first kappa shape index (κ1) is 17.1. The van der Waals surface area contributed by atoms with Crippen LogP contribution in [0.15, 0.2) is 18.2 Å². The molecule has 0 saturated heterocycles. The predicted octanol–water partition coefficient (Wildman–Crippen LogP) is 3.24. The second-order valence-corrected chi connectivity index (χ2v) is 6.28. The van der Waals surface area contributed by atoms with E-state index in [9.17, 15) is 0 Å². The van der Waals surface area contributed by atoms with Crippen molar-refractivity contribution in [2.75, 3.05) is 26.7 Å². The van der Waals surface area contributed by atoms with E-state index in [0.29, 0.717) is 5.41 Å². The van der Waals surface area contributed by atoms with Crippen molar-refractivity contribution in [3.63, 3.8) is 0 Å². The van der Waals surface area contributed by atoms with Gasteiger partial charge in [0.1, 0.15) is 0 Å². The predicted molar refractivity (Wildman–Crippen MR) is 86.9 cm³/mol. The van der Waals surface area contributed by atoms with Crippen LogP contribution in [0.4, 0.5) is 0 Å². The minimum Gasteiger partial charge on any atom is -0.316 e. The molecule has 3 heteroatoms. The van der Waals surface area contributed by atoms with Crippen LogP contribution in [0.5, 0.6) is 0 Å². The molecule has 0 bridgehead atoms. The fourth-order valence-electron chi connectivity index (χ4n) is 2.53. The van der Waals surface area contributed by atoms with Gasteiger partial charge in [0, 0.05) is 25.3 Å². The van der Waals surface area contributed by atoms with Crippen LogP contribution in [-0.4, -0.2) is 36.6 Å². The van der Waals surface area contributed by atoms with Crippen molar-refractivity contribution >= 4 is 0 Å². The maximum Gasteiger partial charge on any atom is 0.0547 e. The van der Waals surface area contributed by atoms with Gasteiger partial charge in [0.15, 0.2) is 0 Å². The zero-order valence-electron chi connectivity index (χ0n) is 13.9. The van der Waals surface area contributed by atoms with Gasteiger partial charge in [-0.05, 0) is 50.9 Å². The fourth-order valence-corrected chi connectivity index (χ4v) is 2.53. The summed E-state index contributed by atoms with van der Waals surface area (Å²) in [4.78, 5) is 6.97. The molecule has 0 aromatic carbocycles. The molecule has 0 aliphatic carbocycles. The number of hydrogen-bond donors (Lipinski definition) is 1. The van der Waals surface area contributed by atoms with E-state index in [1.807, 2.05) is 13.0 Å². The molecular formula is C17H31N3. The molecule has 0 radical (unpaired) electrons. The number of nitrogens with zero attached hydrogens (tertiary/aromatic N) is 2. The van der Waals surface area contributed by atoms with Gasteiger partial charge >= 0.3 is 0 Å². The normalized spacial score (nSPS) is 14.5. The third kappa shape index (κ3) is 6.02. The second kappa shape index (κ2) is 8.38. The Labute approximate surface area is 124 Å². The lowest BCUT2D eigenvalue weighted by Crippen LogP contribution is -2.40. The van der Waals surface area contributed by atoms with E-state index in [-0.39, 0.29) is 0 Å². The number of aromatic nitrogens is 1. The average molecular weight is 277 g/mol. The molecule has 1 atom stereocenters. The highest BCUT2D eigenvalue weighted by Gasteiger charge is 2.23. The van der Waals surface area contributed by atoms with Crippen molar-refractivity contribution in [3.05, 3.63) is 29.6 Å². The highest BCUT2D eigenvalue weighted by atomic mass is 15.1. The van der Waals surface area contributed by atoms with Gasteiger partial charge < -0.3 is 5.32 Å². The Hall–Kier alpha value is -0.930. The van der Waals surface area contributed by atoms with E-state index in [1.54, 1.807) is 0 Å². The highest BCUT2D eigenvalue weighted by molar-refractivity contribution is 5.09. The molecule has 1 rings (SSSR count). The summed E-state index contributed by atoms with van der Waals surface area (Å²) in [5, 5.41) is 3.56. The maximum absolute atomic E-state index is 4.59. The summed E-state index contributed by atoms with van der Waals surface area (Å²) >= 11 is 0. The molecule has 0 fully saturated rings. The van der Waals surface area contributed by atoms with Crippen LogP contribution in [0.3, 0.4) is 0 Å². The van der Waals surface area contributed by atoms with Crippen molar-refractivity contribution in [3.8, 4) is 0 Å². The Morgan fingerprint density at radius 1 is 1.30 bits per heavy atom. The quantitative estimate of drug-likeness (QED) is 0.702. The molecule has 114 valence electrons. The van der Waals surface area contributed by atoms with Crippen molar-refractivity contribution in [1.82, 2.24) is 15.2 Å². The summed E-state index contributed by atoms with van der Waals surface area (Å²) in [6.45, 7) is 13.1. The minimum absolute atomic E-state index is 0.327. The van der Waals surface area contributed by atoms with Gasteiger partial charge in [0.2, 0.25) is 0 Å². The number of rotatable bonds is 9. The Morgan fingerprint density at radius 2 is 2.05 bits per heavy atom. The van der Waals surface area contributed by atoms with Gasteiger partial charge in [0.25, 0.3) is 0 Å². The van der Waals surface area contributed by atoms with Gasteiger partial charge in [-0.15, -0.1) is 0 Å². The van der Waals surface area contributed by atoms with Gasteiger partial charge in [-0.25, -0.2) is 0 Å². The zero-order valence-corrected chi connectivity index (χ0v) is 13.9. The van der Waals surface area contributed by atoms with Gasteiger partial charge in [0.05, 0.1) is 5.69 Å². The van der Waals surface area contributed by atoms with Crippen LogP contribution >= 0.6 is 0 Å². The van der Waals surface area contributed by atoms with Crippen molar-refractivity contribution in [1.29, 1.82) is 0 Å². The topological polar surface area (TPSA) is 28.2 Å². The van der Waals surface area contributed by atoms with Crippen LogP contribution in [0, 0.1) is 12.3 Å². The van der Waals surface area contributed by atoms with E-state index in [1.165, 1.54) is 12.8 Å². The Balaban J connectivity index is 2.51. The molecule has 0 spiro atoms. The van der Waals surface area contributed by atoms with Crippen molar-refractivity contribution < 1.29 is 0 Å². The molecule has 1 heterocycles. The molecule has 0 amide bonds. The van der Waals surface area contributed by atoms with E-state index >= 15 is 0 Å². The first-order chi connectivity index (χ1) is 9.49. The molecule has 1 aromatic rings. The lowest BCUT2D eigenvalue weighted by molar-refractivity contribution is 0.174. The van der Waals surface area contributed by atoms with Crippen LogP contribution < -0.4 is 5.32 Å². The van der Waals surface area contributed by atoms with Crippen molar-refractivity contribution in [2.24, 2.45) is 5.41 Å². The smallest absolute Gasteiger partial charge is 0.0547 e. The van der Waals surface area contributed by atoms with Crippen LogP contribution in [-0.2, 0) is 6.54 Å². The van der Waals surface area contributed by atoms with Crippen LogP contribution in [0.1, 0.15) is 45.0 Å². The molecule has 0 aliphatic heterocycles. The monoisotopic (exact) mass is 277 g/mol. The number of nitrogens with one attached hydrogen (secondary N) is 1. The average Bonchev–Trinajstić information content (AvgIpc) is 2.38. The SMILES string of the molecule is CCCNCC(C)(CC)CN(C)Cc1cccc(C)n1. The third-order valence-corrected chi connectivity index (χ3v) is 3.86. The summed E-state index contributed by atoms with van der Waals surface area (Å²) in [5.41, 5.74) is 2.58. The Bertz CT molecular complexity index is 392. The van der Waals surface area contributed by atoms with E-state index < -0.39 is 0 Å². The molecule has 1 N–H and O–H groups in total. The summed E-state index contributed by atoms with van der Waals surface area (Å²) in [7, 11) is 2.19.